The first-order valence-electron chi connectivity index (χ1n) is 3.69. The van der Waals surface area contributed by atoms with Gasteiger partial charge in [0.25, 0.3) is 0 Å². The number of nitrogens with two attached hydrogens (primary N) is 1. The molecule has 0 aliphatic carbocycles. The molecule has 0 aliphatic rings. The van der Waals surface area contributed by atoms with Crippen LogP contribution in [0.3, 0.4) is 0 Å². The molecule has 0 saturated carbocycles. The molecule has 4 N–H and O–H groups in total. The van der Waals surface area contributed by atoms with Crippen LogP contribution in [0.5, 0.6) is 11.5 Å². The molecule has 1 aromatic carbocycles. The molecule has 1 rings (SSSR count). The predicted molar refractivity (Wildman–Crippen MR) is 42.7 cm³/mol. The summed E-state index contributed by atoms with van der Waals surface area (Å²) in [6, 6.07) is 1.45. The third-order valence-corrected chi connectivity index (χ3v) is 1.77. The normalized spacial score (nSPS) is 11.7. The van der Waals surface area contributed by atoms with E-state index in [-0.39, 0.29) is 0 Å². The Morgan fingerprint density at radius 3 is 2.21 bits per heavy atom. The minimum absolute atomic E-state index is 0.491. The SMILES string of the molecule is NCc1c(C(F)(F)F)ccc(O)c1O. The molecule has 0 spiro atoms. The molecule has 1 aromatic rings. The third kappa shape index (κ3) is 1.74. The van der Waals surface area contributed by atoms with Gasteiger partial charge in [-0.15, -0.1) is 0 Å². The van der Waals surface area contributed by atoms with E-state index >= 15 is 0 Å². The van der Waals surface area contributed by atoms with Crippen LogP contribution in [0.25, 0.3) is 0 Å². The highest BCUT2D eigenvalue weighted by Gasteiger charge is 2.34. The van der Waals surface area contributed by atoms with Gasteiger partial charge < -0.3 is 15.9 Å². The highest BCUT2D eigenvalue weighted by Crippen LogP contribution is 2.39. The fourth-order valence-corrected chi connectivity index (χ4v) is 1.10. The van der Waals surface area contributed by atoms with Crippen LogP contribution >= 0.6 is 0 Å². The third-order valence-electron chi connectivity index (χ3n) is 1.77. The van der Waals surface area contributed by atoms with E-state index in [2.05, 4.69) is 0 Å². The van der Waals surface area contributed by atoms with Crippen molar-refractivity contribution in [1.29, 1.82) is 0 Å². The molecule has 0 aliphatic heterocycles. The second kappa shape index (κ2) is 3.38. The Labute approximate surface area is 77.6 Å². The van der Waals surface area contributed by atoms with Crippen LogP contribution in [-0.4, -0.2) is 10.2 Å². The Hall–Kier alpha value is -1.43. The molecular formula is C8H8F3NO2. The lowest BCUT2D eigenvalue weighted by molar-refractivity contribution is -0.138. The van der Waals surface area contributed by atoms with E-state index in [4.69, 9.17) is 15.9 Å². The van der Waals surface area contributed by atoms with Gasteiger partial charge in [-0.3, -0.25) is 0 Å². The molecule has 0 atom stereocenters. The zero-order valence-electron chi connectivity index (χ0n) is 6.97. The van der Waals surface area contributed by atoms with Crippen LogP contribution in [0.2, 0.25) is 0 Å². The average molecular weight is 207 g/mol. The van der Waals surface area contributed by atoms with E-state index in [9.17, 15) is 13.2 Å². The van der Waals surface area contributed by atoms with Crippen LogP contribution in [0, 0.1) is 0 Å². The van der Waals surface area contributed by atoms with Crippen molar-refractivity contribution in [3.8, 4) is 11.5 Å². The number of halogens is 3. The van der Waals surface area contributed by atoms with Crippen LogP contribution in [0.4, 0.5) is 13.2 Å². The number of phenolic OH excluding ortho intramolecular Hbond substituents is 2. The minimum Gasteiger partial charge on any atom is -0.504 e. The molecule has 6 heteroatoms. The van der Waals surface area contributed by atoms with Crippen molar-refractivity contribution < 1.29 is 23.4 Å². The number of benzene rings is 1. The van der Waals surface area contributed by atoms with Gasteiger partial charge in [-0.05, 0) is 12.1 Å². The maximum Gasteiger partial charge on any atom is 0.416 e. The summed E-state index contributed by atoms with van der Waals surface area (Å²) in [5, 5.41) is 18.1. The molecule has 0 fully saturated rings. The molecule has 0 bridgehead atoms. The van der Waals surface area contributed by atoms with E-state index in [0.29, 0.717) is 6.07 Å². The van der Waals surface area contributed by atoms with E-state index in [1.807, 2.05) is 0 Å². The summed E-state index contributed by atoms with van der Waals surface area (Å²) in [6.07, 6.45) is -4.58. The quantitative estimate of drug-likeness (QED) is 0.612. The fraction of sp³-hybridized carbons (Fsp3) is 0.250. The van der Waals surface area contributed by atoms with Gasteiger partial charge in [0.2, 0.25) is 0 Å². The van der Waals surface area contributed by atoms with Gasteiger partial charge in [0.1, 0.15) is 0 Å². The molecule has 0 heterocycles. The van der Waals surface area contributed by atoms with Gasteiger partial charge in [-0.25, -0.2) is 0 Å². The largest absolute Gasteiger partial charge is 0.504 e. The topological polar surface area (TPSA) is 66.5 Å². The number of hydrogen-bond acceptors (Lipinski definition) is 3. The van der Waals surface area contributed by atoms with Gasteiger partial charge in [-0.2, -0.15) is 13.2 Å². The lowest BCUT2D eigenvalue weighted by Gasteiger charge is -2.13. The molecule has 0 saturated heterocycles. The Bertz CT molecular complexity index is 349. The highest BCUT2D eigenvalue weighted by molar-refractivity contribution is 5.49. The van der Waals surface area contributed by atoms with E-state index in [1.54, 1.807) is 0 Å². The first-order chi connectivity index (χ1) is 6.38. The molecule has 0 unspecified atom stereocenters. The highest BCUT2D eigenvalue weighted by atomic mass is 19.4. The smallest absolute Gasteiger partial charge is 0.416 e. The Kier molecular flexibility index (Phi) is 2.57. The summed E-state index contributed by atoms with van der Waals surface area (Å²) in [4.78, 5) is 0. The lowest BCUT2D eigenvalue weighted by Crippen LogP contribution is -2.11. The van der Waals surface area contributed by atoms with Crippen molar-refractivity contribution in [1.82, 2.24) is 0 Å². The van der Waals surface area contributed by atoms with Gasteiger partial charge in [0, 0.05) is 12.1 Å². The maximum absolute atomic E-state index is 12.3. The fourth-order valence-electron chi connectivity index (χ4n) is 1.10. The van der Waals surface area contributed by atoms with E-state index in [0.717, 1.165) is 6.07 Å². The van der Waals surface area contributed by atoms with Crippen molar-refractivity contribution in [2.75, 3.05) is 0 Å². The molecule has 3 nitrogen and oxygen atoms in total. The van der Waals surface area contributed by atoms with Gasteiger partial charge in [0.05, 0.1) is 5.56 Å². The Balaban J connectivity index is 3.39. The van der Waals surface area contributed by atoms with Crippen molar-refractivity contribution in [2.24, 2.45) is 5.73 Å². The van der Waals surface area contributed by atoms with Crippen LogP contribution in [-0.2, 0) is 12.7 Å². The minimum atomic E-state index is -4.58. The number of hydrogen-bond donors (Lipinski definition) is 3. The molecule has 14 heavy (non-hydrogen) atoms. The number of alkyl halides is 3. The molecule has 0 amide bonds. The molecular weight excluding hydrogens is 199 g/mol. The Morgan fingerprint density at radius 1 is 1.21 bits per heavy atom. The van der Waals surface area contributed by atoms with Crippen molar-refractivity contribution in [2.45, 2.75) is 12.7 Å². The predicted octanol–water partition coefficient (Wildman–Crippen LogP) is 1.58. The monoisotopic (exact) mass is 207 g/mol. The standard InChI is InChI=1S/C8H8F3NO2/c9-8(10,11)5-1-2-6(13)7(14)4(5)3-12/h1-2,13-14H,3,12H2. The van der Waals surface area contributed by atoms with Crippen molar-refractivity contribution in [3.63, 3.8) is 0 Å². The lowest BCUT2D eigenvalue weighted by atomic mass is 10.1. The summed E-state index contributed by atoms with van der Waals surface area (Å²) in [7, 11) is 0. The zero-order valence-corrected chi connectivity index (χ0v) is 6.97. The van der Waals surface area contributed by atoms with Crippen molar-refractivity contribution >= 4 is 0 Å². The number of aromatic hydroxyl groups is 2. The Morgan fingerprint density at radius 2 is 1.79 bits per heavy atom. The summed E-state index contributed by atoms with van der Waals surface area (Å²) in [5.74, 6) is -1.43. The van der Waals surface area contributed by atoms with Gasteiger partial charge >= 0.3 is 6.18 Å². The summed E-state index contributed by atoms with van der Waals surface area (Å²) < 4.78 is 36.9. The molecule has 0 aromatic heterocycles. The van der Waals surface area contributed by atoms with E-state index < -0.39 is 35.3 Å². The van der Waals surface area contributed by atoms with Crippen molar-refractivity contribution in [3.05, 3.63) is 23.3 Å². The first kappa shape index (κ1) is 10.6. The van der Waals surface area contributed by atoms with Crippen LogP contribution in [0.15, 0.2) is 12.1 Å². The van der Waals surface area contributed by atoms with E-state index in [1.165, 1.54) is 0 Å². The van der Waals surface area contributed by atoms with Gasteiger partial charge in [-0.1, -0.05) is 0 Å². The average Bonchev–Trinajstić information content (AvgIpc) is 2.07. The van der Waals surface area contributed by atoms with Crippen LogP contribution < -0.4 is 5.73 Å². The van der Waals surface area contributed by atoms with Gasteiger partial charge in [0.15, 0.2) is 11.5 Å². The second-order valence-corrected chi connectivity index (χ2v) is 2.66. The first-order valence-corrected chi connectivity index (χ1v) is 3.69. The number of rotatable bonds is 1. The summed E-state index contributed by atoms with van der Waals surface area (Å²) >= 11 is 0. The maximum atomic E-state index is 12.3. The summed E-state index contributed by atoms with van der Waals surface area (Å²) in [6.45, 7) is -0.491. The zero-order chi connectivity index (χ0) is 10.9. The number of phenols is 2. The summed E-state index contributed by atoms with van der Waals surface area (Å²) in [5.41, 5.74) is 3.51. The molecule has 78 valence electrons. The molecule has 0 radical (unpaired) electrons. The second-order valence-electron chi connectivity index (χ2n) is 2.66. The van der Waals surface area contributed by atoms with Crippen LogP contribution in [0.1, 0.15) is 11.1 Å².